The van der Waals surface area contributed by atoms with Crippen LogP contribution in [0.5, 0.6) is 5.75 Å². The summed E-state index contributed by atoms with van der Waals surface area (Å²) in [6.45, 7) is -1.16. The maximum Gasteiger partial charge on any atom is 0.417 e. The molecule has 0 saturated carbocycles. The van der Waals surface area contributed by atoms with Gasteiger partial charge in [0.1, 0.15) is 12.3 Å². The molecule has 39 heavy (non-hydrogen) atoms. The van der Waals surface area contributed by atoms with E-state index in [1.165, 1.54) is 37.6 Å². The van der Waals surface area contributed by atoms with Gasteiger partial charge in [0.25, 0.3) is 15.9 Å². The molecule has 0 radical (unpaired) electrons. The molecule has 3 aromatic carbocycles. The third-order valence-corrected chi connectivity index (χ3v) is 7.15. The van der Waals surface area contributed by atoms with E-state index in [-0.39, 0.29) is 11.5 Å². The molecule has 0 spiro atoms. The summed E-state index contributed by atoms with van der Waals surface area (Å²) in [5.74, 6) is -1.10. The number of esters is 1. The van der Waals surface area contributed by atoms with E-state index < -0.39 is 50.9 Å². The zero-order valence-electron chi connectivity index (χ0n) is 20.2. The van der Waals surface area contributed by atoms with Crippen molar-refractivity contribution in [1.29, 1.82) is 0 Å². The Morgan fingerprint density at radius 1 is 1.05 bits per heavy atom. The van der Waals surface area contributed by atoms with Crippen LogP contribution in [0.15, 0.2) is 82.8 Å². The lowest BCUT2D eigenvalue weighted by Gasteiger charge is -2.24. The number of benzene rings is 3. The van der Waals surface area contributed by atoms with Gasteiger partial charge in [-0.15, -0.1) is 0 Å². The van der Waals surface area contributed by atoms with E-state index in [1.807, 2.05) is 0 Å². The van der Waals surface area contributed by atoms with Gasteiger partial charge in [0.2, 0.25) is 0 Å². The number of hydrogen-bond donors (Lipinski definition) is 1. The molecule has 0 aromatic heterocycles. The number of anilines is 1. The highest BCUT2D eigenvalue weighted by Crippen LogP contribution is 2.38. The van der Waals surface area contributed by atoms with E-state index >= 15 is 0 Å². The molecule has 0 unspecified atom stereocenters. The van der Waals surface area contributed by atoms with Crippen LogP contribution in [0.2, 0.25) is 5.02 Å². The molecule has 0 aliphatic carbocycles. The zero-order chi connectivity index (χ0) is 28.6. The van der Waals surface area contributed by atoms with Crippen LogP contribution in [0, 0.1) is 0 Å². The highest BCUT2D eigenvalue weighted by atomic mass is 35.5. The van der Waals surface area contributed by atoms with Crippen molar-refractivity contribution in [3.8, 4) is 5.75 Å². The van der Waals surface area contributed by atoms with Crippen LogP contribution in [-0.4, -0.2) is 46.8 Å². The average Bonchev–Trinajstić information content (AvgIpc) is 2.91. The third kappa shape index (κ3) is 7.94. The van der Waals surface area contributed by atoms with Gasteiger partial charge >= 0.3 is 12.1 Å². The van der Waals surface area contributed by atoms with Gasteiger partial charge in [-0.05, 0) is 60.2 Å². The van der Waals surface area contributed by atoms with Crippen LogP contribution in [0.1, 0.15) is 11.1 Å². The number of halogens is 4. The van der Waals surface area contributed by atoms with Crippen molar-refractivity contribution in [1.82, 2.24) is 5.43 Å². The predicted molar refractivity (Wildman–Crippen MR) is 137 cm³/mol. The normalized spacial score (nSPS) is 11.7. The summed E-state index contributed by atoms with van der Waals surface area (Å²) in [4.78, 5) is 23.5. The van der Waals surface area contributed by atoms with Gasteiger partial charge in [0.15, 0.2) is 6.61 Å². The van der Waals surface area contributed by atoms with Crippen LogP contribution in [0.3, 0.4) is 0 Å². The Bertz CT molecular complexity index is 1450. The SMILES string of the molecule is COC(=O)COc1ccc(/C=N\NC(=O)CN(c2ccc(Cl)c(C(F)(F)F)c2)S(=O)(=O)c2ccccc2)cc1. The molecule has 3 aromatic rings. The molecule has 0 fully saturated rings. The minimum Gasteiger partial charge on any atom is -0.482 e. The molecule has 0 saturated heterocycles. The minimum absolute atomic E-state index is 0.237. The van der Waals surface area contributed by atoms with Crippen LogP contribution in [-0.2, 0) is 30.5 Å². The van der Waals surface area contributed by atoms with Gasteiger partial charge in [-0.3, -0.25) is 9.10 Å². The summed E-state index contributed by atoms with van der Waals surface area (Å²) in [5, 5.41) is 3.14. The second-order valence-electron chi connectivity index (χ2n) is 7.71. The largest absolute Gasteiger partial charge is 0.482 e. The van der Waals surface area contributed by atoms with Gasteiger partial charge in [-0.1, -0.05) is 29.8 Å². The average molecular weight is 584 g/mol. The first-order chi connectivity index (χ1) is 18.4. The monoisotopic (exact) mass is 583 g/mol. The summed E-state index contributed by atoms with van der Waals surface area (Å²) in [6, 6.07) is 15.7. The Balaban J connectivity index is 1.80. The van der Waals surface area contributed by atoms with E-state index in [0.29, 0.717) is 21.7 Å². The maximum atomic E-state index is 13.4. The molecule has 0 heterocycles. The number of sulfonamides is 1. The van der Waals surface area contributed by atoms with Crippen LogP contribution in [0.4, 0.5) is 18.9 Å². The summed E-state index contributed by atoms with van der Waals surface area (Å²) in [5.41, 5.74) is 0.997. The molecule has 1 N–H and O–H groups in total. The fourth-order valence-electron chi connectivity index (χ4n) is 3.12. The number of methoxy groups -OCH3 is 1. The van der Waals surface area contributed by atoms with Crippen molar-refractivity contribution in [3.63, 3.8) is 0 Å². The Hall–Kier alpha value is -4.10. The molecular formula is C25H21ClF3N3O6S. The second kappa shape index (κ2) is 12.6. The van der Waals surface area contributed by atoms with E-state index in [4.69, 9.17) is 16.3 Å². The van der Waals surface area contributed by atoms with E-state index in [2.05, 4.69) is 15.3 Å². The summed E-state index contributed by atoms with van der Waals surface area (Å²) < 4.78 is 77.2. The number of rotatable bonds is 10. The number of ether oxygens (including phenoxy) is 2. The minimum atomic E-state index is -4.86. The predicted octanol–water partition coefficient (Wildman–Crippen LogP) is 4.26. The van der Waals surface area contributed by atoms with Crippen LogP contribution in [0.25, 0.3) is 0 Å². The molecule has 1 amide bonds. The lowest BCUT2D eigenvalue weighted by Crippen LogP contribution is -2.39. The number of carbonyl (C=O) groups excluding carboxylic acids is 2. The molecular weight excluding hydrogens is 563 g/mol. The lowest BCUT2D eigenvalue weighted by atomic mass is 10.2. The fourth-order valence-corrected chi connectivity index (χ4v) is 4.77. The van der Waals surface area contributed by atoms with Crippen molar-refractivity contribution in [2.45, 2.75) is 11.1 Å². The number of hydrazone groups is 1. The Morgan fingerprint density at radius 2 is 1.72 bits per heavy atom. The number of nitrogens with one attached hydrogen (secondary N) is 1. The van der Waals surface area contributed by atoms with E-state index in [9.17, 15) is 31.2 Å². The smallest absolute Gasteiger partial charge is 0.417 e. The molecule has 0 aliphatic rings. The van der Waals surface area contributed by atoms with Crippen molar-refractivity contribution in [2.24, 2.45) is 5.10 Å². The molecule has 14 heteroatoms. The Labute approximate surface area is 226 Å². The summed E-state index contributed by atoms with van der Waals surface area (Å²) in [7, 11) is -3.23. The molecule has 3 rings (SSSR count). The van der Waals surface area contributed by atoms with Gasteiger partial charge < -0.3 is 9.47 Å². The first-order valence-corrected chi connectivity index (χ1v) is 12.8. The fraction of sp³-hybridized carbons (Fsp3) is 0.160. The van der Waals surface area contributed by atoms with Crippen molar-refractivity contribution < 1.29 is 40.7 Å². The van der Waals surface area contributed by atoms with E-state index in [1.54, 1.807) is 30.3 Å². The number of amides is 1. The molecule has 9 nitrogen and oxygen atoms in total. The second-order valence-corrected chi connectivity index (χ2v) is 9.98. The van der Waals surface area contributed by atoms with Crippen molar-refractivity contribution in [3.05, 3.63) is 88.9 Å². The Kier molecular flexibility index (Phi) is 9.54. The topological polar surface area (TPSA) is 114 Å². The van der Waals surface area contributed by atoms with E-state index in [0.717, 1.165) is 12.1 Å². The van der Waals surface area contributed by atoms with Gasteiger partial charge in [-0.2, -0.15) is 18.3 Å². The Morgan fingerprint density at radius 3 is 2.33 bits per heavy atom. The highest BCUT2D eigenvalue weighted by molar-refractivity contribution is 7.92. The summed E-state index contributed by atoms with van der Waals surface area (Å²) in [6.07, 6.45) is -3.61. The first-order valence-electron chi connectivity index (χ1n) is 11.0. The summed E-state index contributed by atoms with van der Waals surface area (Å²) >= 11 is 5.68. The van der Waals surface area contributed by atoms with Gasteiger partial charge in [0.05, 0.1) is 34.5 Å². The standard InChI is InChI=1S/C25H21ClF3N3O6S/c1-37-24(34)16-38-19-10-7-17(8-11-19)14-30-31-23(33)15-32(39(35,36)20-5-3-2-4-6-20)18-9-12-22(26)21(13-18)25(27,28)29/h2-14H,15-16H2,1H3,(H,31,33)/b30-14-. The third-order valence-electron chi connectivity index (χ3n) is 5.03. The molecule has 0 aliphatic heterocycles. The zero-order valence-corrected chi connectivity index (χ0v) is 21.8. The first kappa shape index (κ1) is 29.5. The molecule has 0 bridgehead atoms. The number of carbonyl (C=O) groups is 2. The van der Waals surface area contributed by atoms with Crippen molar-refractivity contribution >= 4 is 45.4 Å². The van der Waals surface area contributed by atoms with Crippen molar-refractivity contribution in [2.75, 3.05) is 24.6 Å². The molecule has 0 atom stereocenters. The van der Waals surface area contributed by atoms with Gasteiger partial charge in [0, 0.05) is 0 Å². The maximum absolute atomic E-state index is 13.4. The van der Waals surface area contributed by atoms with Gasteiger partial charge in [-0.25, -0.2) is 18.6 Å². The number of alkyl halides is 3. The number of nitrogens with zero attached hydrogens (tertiary/aromatic N) is 2. The quantitative estimate of drug-likeness (QED) is 0.217. The number of hydrogen-bond acceptors (Lipinski definition) is 7. The molecule has 206 valence electrons. The van der Waals surface area contributed by atoms with Crippen LogP contribution < -0.4 is 14.5 Å². The lowest BCUT2D eigenvalue weighted by molar-refractivity contribution is -0.143. The van der Waals surface area contributed by atoms with Crippen LogP contribution >= 0.6 is 11.6 Å². The highest BCUT2D eigenvalue weighted by Gasteiger charge is 2.35.